The minimum Gasteiger partial charge on any atom is -0.317 e. The Morgan fingerprint density at radius 1 is 1.23 bits per heavy atom. The van der Waals surface area contributed by atoms with Crippen molar-refractivity contribution in [3.8, 4) is 11.3 Å². The van der Waals surface area contributed by atoms with E-state index in [0.29, 0.717) is 17.9 Å². The molecule has 0 bridgehead atoms. The summed E-state index contributed by atoms with van der Waals surface area (Å²) in [4.78, 5) is 8.63. The van der Waals surface area contributed by atoms with Gasteiger partial charge >= 0.3 is 0 Å². The molecule has 6 nitrogen and oxygen atoms in total. The van der Waals surface area contributed by atoms with Crippen LogP contribution in [0, 0.1) is 6.57 Å². The Morgan fingerprint density at radius 2 is 1.96 bits per heavy atom. The molecule has 0 fully saturated rings. The number of benzene rings is 2. The number of thiazole rings is 1. The van der Waals surface area contributed by atoms with Crippen LogP contribution in [0.4, 0.5) is 11.4 Å². The largest absolute Gasteiger partial charge is 0.317 e. The summed E-state index contributed by atoms with van der Waals surface area (Å²) in [6, 6.07) is 13.1. The molecule has 2 aromatic carbocycles. The van der Waals surface area contributed by atoms with E-state index in [1.165, 1.54) is 23.5 Å². The second-order valence-electron chi connectivity index (χ2n) is 5.39. The van der Waals surface area contributed by atoms with Gasteiger partial charge in [0, 0.05) is 11.9 Å². The molecule has 1 aromatic heterocycles. The third kappa shape index (κ3) is 3.75. The molecule has 1 N–H and O–H groups in total. The van der Waals surface area contributed by atoms with Gasteiger partial charge in [0.25, 0.3) is 10.1 Å². The summed E-state index contributed by atoms with van der Waals surface area (Å²) in [5.41, 5.74) is 3.08. The van der Waals surface area contributed by atoms with E-state index in [0.717, 1.165) is 16.1 Å². The van der Waals surface area contributed by atoms with Crippen LogP contribution in [-0.4, -0.2) is 17.5 Å². The van der Waals surface area contributed by atoms with Gasteiger partial charge in [-0.25, -0.2) is 9.84 Å². The Balaban J connectivity index is 2.05. The highest BCUT2D eigenvalue weighted by Gasteiger charge is 2.09. The van der Waals surface area contributed by atoms with Gasteiger partial charge in [0.2, 0.25) is 0 Å². The van der Waals surface area contributed by atoms with Crippen molar-refractivity contribution in [2.45, 2.75) is 18.4 Å². The monoisotopic (exact) mass is 385 g/mol. The molecule has 3 aromatic rings. The molecule has 0 aliphatic rings. The molecule has 3 rings (SSSR count). The maximum atomic E-state index is 11.1. The van der Waals surface area contributed by atoms with Crippen molar-refractivity contribution >= 4 is 32.8 Å². The van der Waals surface area contributed by atoms with Crippen molar-refractivity contribution in [2.75, 3.05) is 0 Å². The zero-order valence-electron chi connectivity index (χ0n) is 13.8. The van der Waals surface area contributed by atoms with Crippen LogP contribution in [0.5, 0.6) is 0 Å². The summed E-state index contributed by atoms with van der Waals surface area (Å²) in [7, 11) is -4.21. The van der Waals surface area contributed by atoms with E-state index in [2.05, 4.69) is 9.84 Å². The van der Waals surface area contributed by atoms with Crippen LogP contribution in [-0.2, 0) is 16.7 Å². The Morgan fingerprint density at radius 3 is 2.58 bits per heavy atom. The quantitative estimate of drug-likeness (QED) is 0.538. The van der Waals surface area contributed by atoms with E-state index in [1.807, 2.05) is 35.1 Å². The third-order valence-electron chi connectivity index (χ3n) is 3.74. The summed E-state index contributed by atoms with van der Waals surface area (Å²) in [5, 5.41) is 1.98. The second kappa shape index (κ2) is 7.25. The molecule has 8 heteroatoms. The van der Waals surface area contributed by atoms with Crippen LogP contribution in [0.3, 0.4) is 0 Å². The number of aromatic nitrogens is 1. The lowest BCUT2D eigenvalue weighted by molar-refractivity contribution is 0.483. The summed E-state index contributed by atoms with van der Waals surface area (Å²) in [6.07, 6.45) is 0. The average Bonchev–Trinajstić information content (AvgIpc) is 3.04. The van der Waals surface area contributed by atoms with E-state index >= 15 is 0 Å². The van der Waals surface area contributed by atoms with Gasteiger partial charge < -0.3 is 4.57 Å². The minimum atomic E-state index is -4.21. The molecule has 0 saturated heterocycles. The lowest BCUT2D eigenvalue weighted by atomic mass is 10.1. The topological polar surface area (TPSA) is 76.0 Å². The van der Waals surface area contributed by atoms with Crippen LogP contribution in [0.1, 0.15) is 6.92 Å². The van der Waals surface area contributed by atoms with Crippen molar-refractivity contribution in [3.63, 3.8) is 0 Å². The molecule has 0 saturated carbocycles. The molecule has 0 amide bonds. The van der Waals surface area contributed by atoms with Crippen molar-refractivity contribution in [1.29, 1.82) is 0 Å². The smallest absolute Gasteiger partial charge is 0.294 e. The predicted octanol–water partition coefficient (Wildman–Crippen LogP) is 4.27. The Kier molecular flexibility index (Phi) is 5.04. The van der Waals surface area contributed by atoms with E-state index < -0.39 is 10.1 Å². The fraction of sp³-hybridized carbons (Fsp3) is 0.111. The highest BCUT2D eigenvalue weighted by Crippen LogP contribution is 2.25. The second-order valence-corrected chi connectivity index (χ2v) is 7.65. The first-order valence-corrected chi connectivity index (χ1v) is 10.0. The zero-order valence-corrected chi connectivity index (χ0v) is 15.5. The van der Waals surface area contributed by atoms with Crippen LogP contribution < -0.4 is 4.80 Å². The average molecular weight is 385 g/mol. The number of hydrogen-bond acceptors (Lipinski definition) is 4. The van der Waals surface area contributed by atoms with Crippen LogP contribution in [0.2, 0.25) is 0 Å². The lowest BCUT2D eigenvalue weighted by Crippen LogP contribution is -2.14. The molecule has 0 radical (unpaired) electrons. The van der Waals surface area contributed by atoms with Crippen molar-refractivity contribution < 1.29 is 13.0 Å². The number of hydrogen-bond donors (Lipinski definition) is 1. The summed E-state index contributed by atoms with van der Waals surface area (Å²) in [6.45, 7) is 9.86. The Bertz CT molecular complexity index is 1150. The maximum absolute atomic E-state index is 11.1. The molecular formula is C18H15N3O3S2. The first kappa shape index (κ1) is 18.1. The van der Waals surface area contributed by atoms with E-state index in [1.54, 1.807) is 18.2 Å². The summed E-state index contributed by atoms with van der Waals surface area (Å²) >= 11 is 1.46. The highest BCUT2D eigenvalue weighted by molar-refractivity contribution is 7.85. The molecule has 26 heavy (non-hydrogen) atoms. The number of nitrogens with zero attached hydrogens (tertiary/aromatic N) is 3. The molecule has 0 aliphatic carbocycles. The molecule has 0 unspecified atom stereocenters. The van der Waals surface area contributed by atoms with Gasteiger partial charge in [-0.2, -0.15) is 8.42 Å². The van der Waals surface area contributed by atoms with E-state index in [9.17, 15) is 8.42 Å². The molecular weight excluding hydrogens is 370 g/mol. The Labute approximate surface area is 155 Å². The molecule has 0 aliphatic heterocycles. The first-order valence-electron chi connectivity index (χ1n) is 7.71. The maximum Gasteiger partial charge on any atom is 0.294 e. The Hall–Kier alpha value is -2.73. The molecule has 132 valence electrons. The zero-order chi connectivity index (χ0) is 18.7. The van der Waals surface area contributed by atoms with Crippen molar-refractivity contribution in [1.82, 2.24) is 4.57 Å². The molecule has 0 spiro atoms. The normalized spacial score (nSPS) is 12.1. The molecule has 1 heterocycles. The summed E-state index contributed by atoms with van der Waals surface area (Å²) in [5.74, 6) is 0. The van der Waals surface area contributed by atoms with Gasteiger partial charge in [-0.05, 0) is 42.8 Å². The van der Waals surface area contributed by atoms with Gasteiger partial charge in [0.15, 0.2) is 10.5 Å². The fourth-order valence-corrected chi connectivity index (χ4v) is 3.97. The minimum absolute atomic E-state index is 0.164. The highest BCUT2D eigenvalue weighted by atomic mass is 32.2. The van der Waals surface area contributed by atoms with Gasteiger partial charge in [-0.15, -0.1) is 11.3 Å². The first-order chi connectivity index (χ1) is 12.4. The SMILES string of the molecule is [C-]#[N+]c1cccc(-c2cs/c(=N\c3ccc(S(=O)(=O)O)cc3)n2CC)c1. The number of rotatable bonds is 4. The van der Waals surface area contributed by atoms with Crippen molar-refractivity contribution in [2.24, 2.45) is 4.99 Å². The lowest BCUT2D eigenvalue weighted by Gasteiger charge is -2.06. The van der Waals surface area contributed by atoms with Gasteiger partial charge in [0.1, 0.15) is 0 Å². The molecule has 0 atom stereocenters. The van der Waals surface area contributed by atoms with Crippen molar-refractivity contribution in [3.05, 3.63) is 70.1 Å². The van der Waals surface area contributed by atoms with Crippen LogP contribution in [0.25, 0.3) is 16.1 Å². The summed E-state index contributed by atoms with van der Waals surface area (Å²) < 4.78 is 33.3. The van der Waals surface area contributed by atoms with Gasteiger partial charge in [-0.3, -0.25) is 4.55 Å². The van der Waals surface area contributed by atoms with Gasteiger partial charge in [0.05, 0.1) is 22.8 Å². The van der Waals surface area contributed by atoms with Crippen LogP contribution in [0.15, 0.2) is 63.8 Å². The van der Waals surface area contributed by atoms with Crippen LogP contribution >= 0.6 is 11.3 Å². The fourth-order valence-electron chi connectivity index (χ4n) is 2.49. The van der Waals surface area contributed by atoms with Gasteiger partial charge in [-0.1, -0.05) is 18.2 Å². The third-order valence-corrected chi connectivity index (χ3v) is 5.48. The predicted molar refractivity (Wildman–Crippen MR) is 101 cm³/mol. The van der Waals surface area contributed by atoms with E-state index in [-0.39, 0.29) is 4.90 Å². The van der Waals surface area contributed by atoms with E-state index in [4.69, 9.17) is 11.1 Å². The standard InChI is InChI=1S/C18H15N3O3S2/c1-3-21-17(13-5-4-6-15(11-13)19-2)12-25-18(21)20-14-7-9-16(10-8-14)26(22,23)24/h4-12H,3H2,1H3,(H,22,23,24)/b20-18-.